The molecule has 0 aliphatic rings. The van der Waals surface area contributed by atoms with Crippen molar-refractivity contribution in [3.8, 4) is 11.3 Å². The third-order valence-corrected chi connectivity index (χ3v) is 3.61. The maximum absolute atomic E-state index is 4.53. The molecule has 0 atom stereocenters. The molecule has 14 heavy (non-hydrogen) atoms. The van der Waals surface area contributed by atoms with Gasteiger partial charge in [0.1, 0.15) is 0 Å². The molecule has 0 aliphatic heterocycles. The molecule has 0 N–H and O–H groups in total. The zero-order valence-corrected chi connectivity index (χ0v) is 10.4. The van der Waals surface area contributed by atoms with Crippen LogP contribution in [0.15, 0.2) is 28.7 Å². The van der Waals surface area contributed by atoms with Crippen LogP contribution in [-0.4, -0.2) is 4.98 Å². The van der Waals surface area contributed by atoms with Gasteiger partial charge in [0.15, 0.2) is 0 Å². The van der Waals surface area contributed by atoms with E-state index >= 15 is 0 Å². The highest BCUT2D eigenvalue weighted by Crippen LogP contribution is 2.32. The maximum atomic E-state index is 4.53. The van der Waals surface area contributed by atoms with Gasteiger partial charge in [-0.25, -0.2) is 4.98 Å². The van der Waals surface area contributed by atoms with Crippen LogP contribution in [0.3, 0.4) is 0 Å². The molecule has 1 aromatic carbocycles. The highest BCUT2D eigenvalue weighted by atomic mass is 79.9. The quantitative estimate of drug-likeness (QED) is 0.755. The van der Waals surface area contributed by atoms with E-state index in [9.17, 15) is 0 Å². The van der Waals surface area contributed by atoms with Crippen molar-refractivity contribution in [1.82, 2.24) is 4.98 Å². The van der Waals surface area contributed by atoms with Crippen LogP contribution < -0.4 is 0 Å². The molecule has 0 radical (unpaired) electrons. The van der Waals surface area contributed by atoms with Gasteiger partial charge in [0.25, 0.3) is 0 Å². The first-order chi connectivity index (χ1) is 6.68. The van der Waals surface area contributed by atoms with Gasteiger partial charge in [-0.1, -0.05) is 34.1 Å². The molecule has 0 aliphatic carbocycles. The molecule has 2 aromatic rings. The zero-order valence-electron chi connectivity index (χ0n) is 8.04. The van der Waals surface area contributed by atoms with Gasteiger partial charge in [-0.3, -0.25) is 0 Å². The van der Waals surface area contributed by atoms with Crippen LogP contribution in [0.25, 0.3) is 11.3 Å². The average molecular weight is 268 g/mol. The van der Waals surface area contributed by atoms with Crippen molar-refractivity contribution in [3.63, 3.8) is 0 Å². The lowest BCUT2D eigenvalue weighted by atomic mass is 10.1. The van der Waals surface area contributed by atoms with Gasteiger partial charge in [-0.05, 0) is 19.9 Å². The fourth-order valence-electron chi connectivity index (χ4n) is 1.43. The van der Waals surface area contributed by atoms with E-state index < -0.39 is 0 Å². The number of hydrogen-bond acceptors (Lipinski definition) is 2. The highest BCUT2D eigenvalue weighted by Gasteiger charge is 2.09. The summed E-state index contributed by atoms with van der Waals surface area (Å²) in [4.78, 5) is 5.80. The second kappa shape index (κ2) is 3.83. The Labute approximate surface area is 95.9 Å². The second-order valence-electron chi connectivity index (χ2n) is 3.12. The van der Waals surface area contributed by atoms with Crippen molar-refractivity contribution >= 4 is 27.3 Å². The Morgan fingerprint density at radius 2 is 1.93 bits per heavy atom. The summed E-state index contributed by atoms with van der Waals surface area (Å²) in [5, 5.41) is 1.12. The van der Waals surface area contributed by atoms with E-state index in [4.69, 9.17) is 0 Å². The molecule has 0 amide bonds. The van der Waals surface area contributed by atoms with E-state index in [1.54, 1.807) is 11.3 Å². The molecule has 0 unspecified atom stereocenters. The summed E-state index contributed by atoms with van der Waals surface area (Å²) in [6.07, 6.45) is 0. The van der Waals surface area contributed by atoms with Crippen LogP contribution in [0.2, 0.25) is 0 Å². The Kier molecular flexibility index (Phi) is 2.70. The van der Waals surface area contributed by atoms with Crippen molar-refractivity contribution in [2.45, 2.75) is 13.8 Å². The minimum absolute atomic E-state index is 1.10. The first-order valence-corrected chi connectivity index (χ1v) is 5.98. The van der Waals surface area contributed by atoms with Crippen molar-refractivity contribution in [3.05, 3.63) is 38.6 Å². The van der Waals surface area contributed by atoms with Gasteiger partial charge >= 0.3 is 0 Å². The molecule has 1 nitrogen and oxygen atoms in total. The predicted octanol–water partition coefficient (Wildman–Crippen LogP) is 4.19. The van der Waals surface area contributed by atoms with Gasteiger partial charge in [0.2, 0.25) is 0 Å². The fourth-order valence-corrected chi connectivity index (χ4v) is 2.74. The van der Waals surface area contributed by atoms with Crippen LogP contribution in [0.1, 0.15) is 9.88 Å². The summed E-state index contributed by atoms with van der Waals surface area (Å²) < 4.78 is 1.10. The minimum Gasteiger partial charge on any atom is -0.241 e. The summed E-state index contributed by atoms with van der Waals surface area (Å²) in [6, 6.07) is 8.19. The van der Waals surface area contributed by atoms with Gasteiger partial charge < -0.3 is 0 Å². The molecule has 0 saturated heterocycles. The Balaban J connectivity index is 2.60. The van der Waals surface area contributed by atoms with Crippen LogP contribution >= 0.6 is 27.3 Å². The second-order valence-corrected chi connectivity index (χ2v) is 5.38. The summed E-state index contributed by atoms with van der Waals surface area (Å²) in [5.41, 5.74) is 2.27. The lowest BCUT2D eigenvalue weighted by molar-refractivity contribution is 1.28. The van der Waals surface area contributed by atoms with Crippen LogP contribution in [-0.2, 0) is 0 Å². The standard InChI is InChI=1S/C11H10BrNS/c1-7-11(13-8(2)14-7)9-5-3-4-6-10(9)12/h3-6H,1-2H3. The number of rotatable bonds is 1. The minimum atomic E-state index is 1.10. The van der Waals surface area contributed by atoms with E-state index in [0.717, 1.165) is 15.2 Å². The maximum Gasteiger partial charge on any atom is 0.0904 e. The Morgan fingerprint density at radius 1 is 1.21 bits per heavy atom. The predicted molar refractivity (Wildman–Crippen MR) is 64.7 cm³/mol. The molecule has 72 valence electrons. The molecule has 1 heterocycles. The third-order valence-electron chi connectivity index (χ3n) is 2.03. The average Bonchev–Trinajstić information content (AvgIpc) is 2.46. The summed E-state index contributed by atoms with van der Waals surface area (Å²) in [5.74, 6) is 0. The fraction of sp³-hybridized carbons (Fsp3) is 0.182. The lowest BCUT2D eigenvalue weighted by Crippen LogP contribution is -1.81. The van der Waals surface area contributed by atoms with Gasteiger partial charge in [-0.15, -0.1) is 11.3 Å². The van der Waals surface area contributed by atoms with E-state index in [2.05, 4.69) is 33.9 Å². The Morgan fingerprint density at radius 3 is 2.50 bits per heavy atom. The smallest absolute Gasteiger partial charge is 0.0904 e. The molecule has 2 rings (SSSR count). The zero-order chi connectivity index (χ0) is 10.1. The van der Waals surface area contributed by atoms with Gasteiger partial charge in [-0.2, -0.15) is 0 Å². The van der Waals surface area contributed by atoms with E-state index in [1.165, 1.54) is 10.4 Å². The Hall–Kier alpha value is -0.670. The van der Waals surface area contributed by atoms with Crippen molar-refractivity contribution in [1.29, 1.82) is 0 Å². The number of halogens is 1. The number of hydrogen-bond donors (Lipinski definition) is 0. The molecule has 0 bridgehead atoms. The summed E-state index contributed by atoms with van der Waals surface area (Å²) in [6.45, 7) is 4.15. The number of benzene rings is 1. The van der Waals surface area contributed by atoms with Crippen LogP contribution in [0, 0.1) is 13.8 Å². The first-order valence-electron chi connectivity index (χ1n) is 4.37. The van der Waals surface area contributed by atoms with Crippen LogP contribution in [0.4, 0.5) is 0 Å². The van der Waals surface area contributed by atoms with Crippen molar-refractivity contribution < 1.29 is 0 Å². The van der Waals surface area contributed by atoms with E-state index in [1.807, 2.05) is 25.1 Å². The summed E-state index contributed by atoms with van der Waals surface area (Å²) >= 11 is 5.28. The first kappa shape index (κ1) is 9.87. The molecular weight excluding hydrogens is 258 g/mol. The van der Waals surface area contributed by atoms with E-state index in [-0.39, 0.29) is 0 Å². The Bertz CT molecular complexity index is 462. The van der Waals surface area contributed by atoms with E-state index in [0.29, 0.717) is 0 Å². The van der Waals surface area contributed by atoms with Crippen molar-refractivity contribution in [2.75, 3.05) is 0 Å². The monoisotopic (exact) mass is 267 g/mol. The topological polar surface area (TPSA) is 12.9 Å². The normalized spacial score (nSPS) is 10.5. The van der Waals surface area contributed by atoms with Crippen LogP contribution in [0.5, 0.6) is 0 Å². The molecule has 1 aromatic heterocycles. The molecule has 0 fully saturated rings. The summed E-state index contributed by atoms with van der Waals surface area (Å²) in [7, 11) is 0. The molecular formula is C11H10BrNS. The highest BCUT2D eigenvalue weighted by molar-refractivity contribution is 9.10. The molecule has 0 saturated carbocycles. The third kappa shape index (κ3) is 1.74. The van der Waals surface area contributed by atoms with Gasteiger partial charge in [0.05, 0.1) is 10.7 Å². The lowest BCUT2D eigenvalue weighted by Gasteiger charge is -2.00. The number of aryl methyl sites for hydroxylation is 2. The largest absolute Gasteiger partial charge is 0.241 e. The SMILES string of the molecule is Cc1nc(-c2ccccc2Br)c(C)s1. The van der Waals surface area contributed by atoms with Gasteiger partial charge in [0, 0.05) is 14.9 Å². The molecule has 3 heteroatoms. The van der Waals surface area contributed by atoms with Crippen molar-refractivity contribution in [2.24, 2.45) is 0 Å². The molecule has 0 spiro atoms. The number of nitrogens with zero attached hydrogens (tertiary/aromatic N) is 1. The number of aromatic nitrogens is 1. The number of thiazole rings is 1.